The maximum absolute atomic E-state index is 3.78. The van der Waals surface area contributed by atoms with Crippen molar-refractivity contribution in [2.24, 2.45) is 5.41 Å². The van der Waals surface area contributed by atoms with Gasteiger partial charge in [-0.3, -0.25) is 0 Å². The van der Waals surface area contributed by atoms with Crippen LogP contribution in [0, 0.1) is 26.2 Å². The molecule has 1 fully saturated rings. The molecule has 1 unspecified atom stereocenters. The van der Waals surface area contributed by atoms with Crippen LogP contribution in [0.15, 0.2) is 12.1 Å². The number of aryl methyl sites for hydroxylation is 3. The van der Waals surface area contributed by atoms with Crippen molar-refractivity contribution in [1.82, 2.24) is 5.32 Å². The number of nitrogens with one attached hydrogen (secondary N) is 1. The molecule has 1 aromatic carbocycles. The first kappa shape index (κ1) is 14.6. The van der Waals surface area contributed by atoms with E-state index in [1.54, 1.807) is 0 Å². The third-order valence-electron chi connectivity index (χ3n) is 4.82. The third-order valence-corrected chi connectivity index (χ3v) is 4.82. The number of hydrogen-bond donors (Lipinski definition) is 1. The topological polar surface area (TPSA) is 12.0 Å². The predicted octanol–water partition coefficient (Wildman–Crippen LogP) is 4.84. The summed E-state index contributed by atoms with van der Waals surface area (Å²) in [5, 5.41) is 3.78. The van der Waals surface area contributed by atoms with Gasteiger partial charge < -0.3 is 5.32 Å². The molecule has 1 aliphatic carbocycles. The molecular formula is C18H29N. The number of hydrogen-bond acceptors (Lipinski definition) is 1. The average molecular weight is 259 g/mol. The molecule has 1 heteroatoms. The summed E-state index contributed by atoms with van der Waals surface area (Å²) < 4.78 is 0. The lowest BCUT2D eigenvalue weighted by Gasteiger charge is -2.28. The molecule has 1 nitrogen and oxygen atoms in total. The Morgan fingerprint density at radius 2 is 1.63 bits per heavy atom. The van der Waals surface area contributed by atoms with Gasteiger partial charge in [0.15, 0.2) is 0 Å². The summed E-state index contributed by atoms with van der Waals surface area (Å²) in [4.78, 5) is 0. The summed E-state index contributed by atoms with van der Waals surface area (Å²) in [6.45, 7) is 12.6. The van der Waals surface area contributed by atoms with Gasteiger partial charge in [0.05, 0.1) is 0 Å². The van der Waals surface area contributed by atoms with E-state index >= 15 is 0 Å². The fraction of sp³-hybridized carbons (Fsp3) is 0.667. The zero-order valence-corrected chi connectivity index (χ0v) is 13.3. The van der Waals surface area contributed by atoms with Crippen LogP contribution in [0.25, 0.3) is 0 Å². The van der Waals surface area contributed by atoms with Gasteiger partial charge in [-0.25, -0.2) is 0 Å². The van der Waals surface area contributed by atoms with Crippen molar-refractivity contribution in [2.45, 2.75) is 66.3 Å². The average Bonchev–Trinajstić information content (AvgIpc) is 2.73. The van der Waals surface area contributed by atoms with Gasteiger partial charge in [-0.05, 0) is 62.6 Å². The predicted molar refractivity (Wildman–Crippen MR) is 83.6 cm³/mol. The Hall–Kier alpha value is -0.820. The van der Waals surface area contributed by atoms with E-state index in [2.05, 4.69) is 52.1 Å². The molecule has 0 radical (unpaired) electrons. The van der Waals surface area contributed by atoms with Crippen molar-refractivity contribution in [1.29, 1.82) is 0 Å². The van der Waals surface area contributed by atoms with Crippen LogP contribution >= 0.6 is 0 Å². The smallest absolute Gasteiger partial charge is 0.0297 e. The molecule has 1 N–H and O–H groups in total. The van der Waals surface area contributed by atoms with Gasteiger partial charge in [0.2, 0.25) is 0 Å². The van der Waals surface area contributed by atoms with Crippen LogP contribution in [-0.4, -0.2) is 6.54 Å². The lowest BCUT2D eigenvalue weighted by atomic mass is 9.88. The Kier molecular flexibility index (Phi) is 4.35. The minimum atomic E-state index is 0.457. The lowest BCUT2D eigenvalue weighted by molar-refractivity contribution is 0.301. The van der Waals surface area contributed by atoms with E-state index in [-0.39, 0.29) is 0 Å². The quantitative estimate of drug-likeness (QED) is 0.815. The molecule has 0 aromatic heterocycles. The van der Waals surface area contributed by atoms with Gasteiger partial charge >= 0.3 is 0 Å². The van der Waals surface area contributed by atoms with Gasteiger partial charge in [0.25, 0.3) is 0 Å². The maximum Gasteiger partial charge on any atom is 0.0297 e. The lowest BCUT2D eigenvalue weighted by Crippen LogP contribution is -2.32. The van der Waals surface area contributed by atoms with Gasteiger partial charge in [0, 0.05) is 12.6 Å². The molecule has 0 aliphatic heterocycles. The number of rotatable bonds is 4. The van der Waals surface area contributed by atoms with Gasteiger partial charge in [-0.15, -0.1) is 0 Å². The molecule has 19 heavy (non-hydrogen) atoms. The molecule has 1 saturated carbocycles. The molecule has 0 saturated heterocycles. The first-order valence-corrected chi connectivity index (χ1v) is 7.72. The monoisotopic (exact) mass is 259 g/mol. The second kappa shape index (κ2) is 5.66. The van der Waals surface area contributed by atoms with E-state index in [0.29, 0.717) is 11.5 Å². The Labute approximate surface area is 118 Å². The summed E-state index contributed by atoms with van der Waals surface area (Å²) in [6, 6.07) is 5.06. The second-order valence-electron chi connectivity index (χ2n) is 6.93. The summed E-state index contributed by atoms with van der Waals surface area (Å²) >= 11 is 0. The normalized spacial score (nSPS) is 19.6. The third kappa shape index (κ3) is 3.39. The standard InChI is InChI=1S/C18H29N/c1-13-10-14(2)17(15(3)11-13)16(4)19-12-18(5)8-6-7-9-18/h10-11,16,19H,6-9,12H2,1-5H3. The van der Waals surface area contributed by atoms with Crippen LogP contribution < -0.4 is 5.32 Å². The summed E-state index contributed by atoms with van der Waals surface area (Å²) in [6.07, 6.45) is 5.60. The fourth-order valence-corrected chi connectivity index (χ4v) is 3.78. The highest BCUT2D eigenvalue weighted by Crippen LogP contribution is 2.37. The van der Waals surface area contributed by atoms with E-state index in [4.69, 9.17) is 0 Å². The molecule has 0 spiro atoms. The van der Waals surface area contributed by atoms with Crippen molar-refractivity contribution in [3.05, 3.63) is 34.4 Å². The van der Waals surface area contributed by atoms with Crippen molar-refractivity contribution in [3.63, 3.8) is 0 Å². The summed E-state index contributed by atoms with van der Waals surface area (Å²) in [5.41, 5.74) is 6.24. The van der Waals surface area contributed by atoms with E-state index < -0.39 is 0 Å². The van der Waals surface area contributed by atoms with Crippen molar-refractivity contribution in [3.8, 4) is 0 Å². The molecular weight excluding hydrogens is 230 g/mol. The fourth-order valence-electron chi connectivity index (χ4n) is 3.78. The largest absolute Gasteiger partial charge is 0.310 e. The van der Waals surface area contributed by atoms with Crippen LogP contribution in [-0.2, 0) is 0 Å². The molecule has 0 heterocycles. The van der Waals surface area contributed by atoms with Gasteiger partial charge in [-0.1, -0.05) is 37.5 Å². The second-order valence-corrected chi connectivity index (χ2v) is 6.93. The van der Waals surface area contributed by atoms with E-state index in [0.717, 1.165) is 6.54 Å². The van der Waals surface area contributed by atoms with Crippen molar-refractivity contribution >= 4 is 0 Å². The van der Waals surface area contributed by atoms with Crippen molar-refractivity contribution < 1.29 is 0 Å². The highest BCUT2D eigenvalue weighted by Gasteiger charge is 2.28. The minimum absolute atomic E-state index is 0.457. The molecule has 2 rings (SSSR count). The van der Waals surface area contributed by atoms with Crippen LogP contribution in [0.2, 0.25) is 0 Å². The summed E-state index contributed by atoms with van der Waals surface area (Å²) in [5.74, 6) is 0. The summed E-state index contributed by atoms with van der Waals surface area (Å²) in [7, 11) is 0. The first-order chi connectivity index (χ1) is 8.91. The van der Waals surface area contributed by atoms with Crippen LogP contribution in [0.4, 0.5) is 0 Å². The van der Waals surface area contributed by atoms with Crippen LogP contribution in [0.5, 0.6) is 0 Å². The highest BCUT2D eigenvalue weighted by molar-refractivity contribution is 5.39. The van der Waals surface area contributed by atoms with E-state index in [1.807, 2.05) is 0 Å². The minimum Gasteiger partial charge on any atom is -0.310 e. The number of benzene rings is 1. The maximum atomic E-state index is 3.78. The van der Waals surface area contributed by atoms with Crippen LogP contribution in [0.1, 0.15) is 67.8 Å². The van der Waals surface area contributed by atoms with Gasteiger partial charge in [0.1, 0.15) is 0 Å². The molecule has 1 aromatic rings. The van der Waals surface area contributed by atoms with Crippen molar-refractivity contribution in [2.75, 3.05) is 6.54 Å². The SMILES string of the molecule is Cc1cc(C)c(C(C)NCC2(C)CCCC2)c(C)c1. The molecule has 0 amide bonds. The molecule has 1 aliphatic rings. The Bertz CT molecular complexity index is 418. The Balaban J connectivity index is 2.06. The zero-order valence-electron chi connectivity index (χ0n) is 13.3. The Morgan fingerprint density at radius 1 is 1.11 bits per heavy atom. The molecule has 0 bridgehead atoms. The highest BCUT2D eigenvalue weighted by atomic mass is 14.9. The molecule has 1 atom stereocenters. The zero-order chi connectivity index (χ0) is 14.0. The first-order valence-electron chi connectivity index (χ1n) is 7.72. The van der Waals surface area contributed by atoms with E-state index in [1.165, 1.54) is 47.9 Å². The Morgan fingerprint density at radius 3 is 2.16 bits per heavy atom. The van der Waals surface area contributed by atoms with Crippen LogP contribution in [0.3, 0.4) is 0 Å². The molecule has 106 valence electrons. The van der Waals surface area contributed by atoms with Gasteiger partial charge in [-0.2, -0.15) is 0 Å². The van der Waals surface area contributed by atoms with E-state index in [9.17, 15) is 0 Å².